The summed E-state index contributed by atoms with van der Waals surface area (Å²) in [7, 11) is -8.62. The first-order valence-electron chi connectivity index (χ1n) is 7.31. The normalized spacial score (nSPS) is 26.2. The number of phosphoric ester groups is 1. The molecule has 5 N–H and O–H groups in total. The number of fused-ring (bicyclic) bond motifs is 1. The zero-order chi connectivity index (χ0) is 19.1. The van der Waals surface area contributed by atoms with Crippen LogP contribution in [0.25, 0.3) is 11.2 Å². The first-order chi connectivity index (χ1) is 12.0. The second kappa shape index (κ2) is 6.95. The monoisotopic (exact) mass is 409 g/mol. The third-order valence-electron chi connectivity index (χ3n) is 3.63. The van der Waals surface area contributed by atoms with E-state index in [0.29, 0.717) is 11.2 Å². The molecule has 0 spiro atoms. The van der Waals surface area contributed by atoms with Crippen LogP contribution in [0.2, 0.25) is 0 Å². The number of anilines is 1. The Bertz CT molecular complexity index is 894. The Labute approximate surface area is 146 Å². The van der Waals surface area contributed by atoms with E-state index in [2.05, 4.69) is 15.0 Å². The van der Waals surface area contributed by atoms with Gasteiger partial charge in [-0.25, -0.2) is 19.5 Å². The summed E-state index contributed by atoms with van der Waals surface area (Å²) in [6.45, 7) is 0.594. The van der Waals surface area contributed by atoms with Crippen molar-refractivity contribution in [2.45, 2.75) is 24.9 Å². The maximum atomic E-state index is 11.3. The van der Waals surface area contributed by atoms with Crippen LogP contribution in [0.15, 0.2) is 12.7 Å². The number of nitrogens with two attached hydrogens (primary N) is 1. The van der Waals surface area contributed by atoms with Gasteiger partial charge in [-0.3, -0.25) is 13.7 Å². The number of aromatic nitrogens is 4. The first kappa shape index (κ1) is 19.3. The van der Waals surface area contributed by atoms with Crippen molar-refractivity contribution in [1.82, 2.24) is 19.5 Å². The van der Waals surface area contributed by atoms with Crippen molar-refractivity contribution >= 4 is 32.4 Å². The minimum Gasteiger partial charge on any atom is -0.382 e. The topological polar surface area (TPSA) is 192 Å². The van der Waals surface area contributed by atoms with Gasteiger partial charge in [0.2, 0.25) is 0 Å². The summed E-state index contributed by atoms with van der Waals surface area (Å²) in [4.78, 5) is 39.4. The summed E-state index contributed by atoms with van der Waals surface area (Å²) >= 11 is 0. The number of ether oxygens (including phenoxy) is 1. The maximum absolute atomic E-state index is 11.3. The molecule has 2 aromatic heterocycles. The van der Waals surface area contributed by atoms with Gasteiger partial charge in [-0.2, -0.15) is 0 Å². The summed E-state index contributed by atoms with van der Waals surface area (Å²) in [5.74, 6) is 0.168. The molecule has 0 aromatic carbocycles. The molecule has 1 fully saturated rings. The van der Waals surface area contributed by atoms with Crippen LogP contribution in [0.3, 0.4) is 0 Å². The SMILES string of the molecule is CP(=O)(O)OC[C@H]1O[C@@H](n2cnc3c(N)ncnc32)C[C@@H]1OP(=O)(O)O. The van der Waals surface area contributed by atoms with Crippen molar-refractivity contribution in [1.29, 1.82) is 0 Å². The van der Waals surface area contributed by atoms with Crippen molar-refractivity contribution < 1.29 is 37.6 Å². The second-order valence-electron chi connectivity index (χ2n) is 5.68. The average Bonchev–Trinajstić information content (AvgIpc) is 3.07. The summed E-state index contributed by atoms with van der Waals surface area (Å²) in [6, 6.07) is 0. The maximum Gasteiger partial charge on any atom is 0.469 e. The minimum atomic E-state index is -4.81. The predicted molar refractivity (Wildman–Crippen MR) is 86.9 cm³/mol. The lowest BCUT2D eigenvalue weighted by atomic mass is 10.2. The molecule has 26 heavy (non-hydrogen) atoms. The highest BCUT2D eigenvalue weighted by atomic mass is 31.2. The summed E-state index contributed by atoms with van der Waals surface area (Å²) < 4.78 is 39.3. The van der Waals surface area contributed by atoms with E-state index in [1.54, 1.807) is 0 Å². The van der Waals surface area contributed by atoms with Gasteiger partial charge in [0.1, 0.15) is 30.3 Å². The van der Waals surface area contributed by atoms with Gasteiger partial charge in [0.05, 0.1) is 12.9 Å². The lowest BCUT2D eigenvalue weighted by Gasteiger charge is -2.19. The Morgan fingerprint density at radius 2 is 2.08 bits per heavy atom. The van der Waals surface area contributed by atoms with Crippen molar-refractivity contribution in [3.8, 4) is 0 Å². The van der Waals surface area contributed by atoms with E-state index in [9.17, 15) is 14.0 Å². The highest BCUT2D eigenvalue weighted by Crippen LogP contribution is 2.45. The molecule has 1 aliphatic rings. The molecule has 15 heteroatoms. The third-order valence-corrected chi connectivity index (χ3v) is 4.80. The van der Waals surface area contributed by atoms with E-state index in [-0.39, 0.29) is 12.2 Å². The lowest BCUT2D eigenvalue weighted by molar-refractivity contribution is -0.0388. The molecule has 0 saturated carbocycles. The molecular formula is C11H17N5O8P2. The molecule has 0 radical (unpaired) electrons. The van der Waals surface area contributed by atoms with Gasteiger partial charge in [0.25, 0.3) is 0 Å². The molecule has 4 atom stereocenters. The number of nitrogens with zero attached hydrogens (tertiary/aromatic N) is 4. The molecule has 1 aliphatic heterocycles. The highest BCUT2D eigenvalue weighted by Gasteiger charge is 2.42. The smallest absolute Gasteiger partial charge is 0.382 e. The summed E-state index contributed by atoms with van der Waals surface area (Å²) in [5.41, 5.74) is 6.43. The Morgan fingerprint density at radius 3 is 2.73 bits per heavy atom. The van der Waals surface area contributed by atoms with Crippen molar-refractivity contribution in [3.63, 3.8) is 0 Å². The molecule has 1 unspecified atom stereocenters. The molecule has 3 rings (SSSR count). The molecule has 0 amide bonds. The van der Waals surface area contributed by atoms with Gasteiger partial charge in [-0.05, 0) is 0 Å². The molecule has 2 aromatic rings. The molecule has 0 aliphatic carbocycles. The van der Waals surface area contributed by atoms with Gasteiger partial charge in [-0.15, -0.1) is 0 Å². The Hall–Kier alpha value is -1.43. The predicted octanol–water partition coefficient (Wildman–Crippen LogP) is 0.00570. The van der Waals surface area contributed by atoms with Gasteiger partial charge in [0, 0.05) is 13.1 Å². The third kappa shape index (κ3) is 4.45. The molecule has 1 saturated heterocycles. The van der Waals surface area contributed by atoms with E-state index in [4.69, 9.17) is 29.3 Å². The lowest BCUT2D eigenvalue weighted by Crippen LogP contribution is -2.28. The number of hydrogen-bond donors (Lipinski definition) is 4. The Balaban J connectivity index is 1.85. The Morgan fingerprint density at radius 1 is 1.35 bits per heavy atom. The first-order valence-corrected chi connectivity index (χ1v) is 10.9. The Kier molecular flexibility index (Phi) is 5.17. The van der Waals surface area contributed by atoms with Crippen LogP contribution < -0.4 is 5.73 Å². The molecule has 3 heterocycles. The number of phosphoric acid groups is 1. The van der Waals surface area contributed by atoms with E-state index in [1.807, 2.05) is 0 Å². The number of nitrogen functional groups attached to an aromatic ring is 1. The van der Waals surface area contributed by atoms with Crippen LogP contribution in [0, 0.1) is 0 Å². The largest absolute Gasteiger partial charge is 0.469 e. The zero-order valence-corrected chi connectivity index (χ0v) is 15.2. The highest BCUT2D eigenvalue weighted by molar-refractivity contribution is 7.51. The van der Waals surface area contributed by atoms with Crippen LogP contribution >= 0.6 is 15.4 Å². The standard InChI is InChI=1S/C11H17N5O8P2/c1-25(17,18)22-3-7-6(24-26(19,20)21)2-8(23-7)16-5-15-9-10(12)13-4-14-11(9)16/h4-8H,2-3H2,1H3,(H,17,18)(H2,12,13,14)(H2,19,20,21)/t6-,7+,8+/m0/s1. The molecule has 144 valence electrons. The quantitative estimate of drug-likeness (QED) is 0.468. The number of rotatable bonds is 6. The van der Waals surface area contributed by atoms with Gasteiger partial charge in [0.15, 0.2) is 11.5 Å². The number of imidazole rings is 1. The van der Waals surface area contributed by atoms with Crippen LogP contribution in [-0.2, 0) is 22.9 Å². The molecule has 13 nitrogen and oxygen atoms in total. The summed E-state index contributed by atoms with van der Waals surface area (Å²) in [5, 5.41) is 0. The van der Waals surface area contributed by atoms with Crippen molar-refractivity contribution in [2.24, 2.45) is 0 Å². The van der Waals surface area contributed by atoms with Crippen LogP contribution in [0.5, 0.6) is 0 Å². The molecular weight excluding hydrogens is 392 g/mol. The van der Waals surface area contributed by atoms with Gasteiger partial charge < -0.3 is 29.7 Å². The second-order valence-corrected chi connectivity index (χ2v) is 8.74. The fraction of sp³-hybridized carbons (Fsp3) is 0.545. The number of hydrogen-bond acceptors (Lipinski definition) is 9. The molecule has 0 bridgehead atoms. The van der Waals surface area contributed by atoms with E-state index >= 15 is 0 Å². The van der Waals surface area contributed by atoms with Gasteiger partial charge in [-0.1, -0.05) is 0 Å². The van der Waals surface area contributed by atoms with E-state index in [1.165, 1.54) is 17.2 Å². The van der Waals surface area contributed by atoms with E-state index < -0.39 is 40.5 Å². The average molecular weight is 409 g/mol. The van der Waals surface area contributed by atoms with E-state index in [0.717, 1.165) is 6.66 Å². The van der Waals surface area contributed by atoms with Crippen molar-refractivity contribution in [2.75, 3.05) is 19.0 Å². The summed E-state index contributed by atoms with van der Waals surface area (Å²) in [6.07, 6.45) is -0.167. The minimum absolute atomic E-state index is 0.0218. The fourth-order valence-electron chi connectivity index (χ4n) is 2.60. The zero-order valence-electron chi connectivity index (χ0n) is 13.4. The fourth-order valence-corrected chi connectivity index (χ4v) is 3.60. The van der Waals surface area contributed by atoms with Crippen molar-refractivity contribution in [3.05, 3.63) is 12.7 Å². The van der Waals surface area contributed by atoms with Crippen LogP contribution in [-0.4, -0.2) is 59.7 Å². The van der Waals surface area contributed by atoms with Crippen LogP contribution in [0.4, 0.5) is 5.82 Å². The van der Waals surface area contributed by atoms with Crippen LogP contribution in [0.1, 0.15) is 12.6 Å². The van der Waals surface area contributed by atoms with Gasteiger partial charge >= 0.3 is 15.4 Å².